The Morgan fingerprint density at radius 1 is 0.489 bits per heavy atom. The third-order valence-corrected chi connectivity index (χ3v) is 10.4. The van der Waals surface area contributed by atoms with Crippen molar-refractivity contribution in [2.75, 3.05) is 0 Å². The fraction of sp³-hybridized carbons (Fsp3) is 0.200. The molecule has 8 rings (SSSR count). The van der Waals surface area contributed by atoms with Crippen LogP contribution in [0.4, 0.5) is 0 Å². The Morgan fingerprint density at radius 2 is 1.17 bits per heavy atom. The second-order valence-corrected chi connectivity index (χ2v) is 14.9. The maximum atomic E-state index is 2.45. The van der Waals surface area contributed by atoms with Gasteiger partial charge in [-0.2, -0.15) is 0 Å². The van der Waals surface area contributed by atoms with E-state index in [0.717, 1.165) is 5.69 Å². The summed E-state index contributed by atoms with van der Waals surface area (Å²) in [6.45, 7) is 16.1. The minimum atomic E-state index is -0.0290. The molecule has 0 aliphatic heterocycles. The van der Waals surface area contributed by atoms with Crippen LogP contribution in [0.3, 0.4) is 0 Å². The van der Waals surface area contributed by atoms with Gasteiger partial charge in [0.1, 0.15) is 0 Å². The van der Waals surface area contributed by atoms with Crippen LogP contribution in [0.15, 0.2) is 128 Å². The van der Waals surface area contributed by atoms with E-state index in [1.165, 1.54) is 77.3 Å². The summed E-state index contributed by atoms with van der Waals surface area (Å²) < 4.78 is 4.66. The molecule has 0 unspecified atom stereocenters. The van der Waals surface area contributed by atoms with Crippen LogP contribution in [0.5, 0.6) is 0 Å². The van der Waals surface area contributed by atoms with E-state index in [4.69, 9.17) is 0 Å². The van der Waals surface area contributed by atoms with Crippen molar-refractivity contribution >= 4 is 21.5 Å². The van der Waals surface area contributed by atoms with E-state index in [0.29, 0.717) is 0 Å². The first-order valence-corrected chi connectivity index (χ1v) is 16.8. The molecular formula is C45H42N2+2. The van der Waals surface area contributed by atoms with Crippen molar-refractivity contribution in [1.82, 2.24) is 0 Å². The highest BCUT2D eigenvalue weighted by Crippen LogP contribution is 2.50. The molecule has 0 radical (unpaired) electrons. The predicted octanol–water partition coefficient (Wildman–Crippen LogP) is 10.4. The fourth-order valence-electron chi connectivity index (χ4n) is 7.75. The summed E-state index contributed by atoms with van der Waals surface area (Å²) in [7, 11) is 0. The molecule has 0 saturated heterocycles. The zero-order valence-corrected chi connectivity index (χ0v) is 28.5. The van der Waals surface area contributed by atoms with Crippen molar-refractivity contribution in [3.63, 3.8) is 0 Å². The normalized spacial score (nSPS) is 13.6. The number of aryl methyl sites for hydroxylation is 2. The van der Waals surface area contributed by atoms with Crippen LogP contribution in [0, 0.1) is 13.8 Å². The monoisotopic (exact) mass is 610 g/mol. The van der Waals surface area contributed by atoms with Gasteiger partial charge in [0.05, 0.1) is 20.5 Å². The number of benzene rings is 5. The highest BCUT2D eigenvalue weighted by Gasteiger charge is 2.37. The molecular weight excluding hydrogens is 569 g/mol. The second-order valence-electron chi connectivity index (χ2n) is 14.9. The maximum absolute atomic E-state index is 2.45. The van der Waals surface area contributed by atoms with Gasteiger partial charge in [-0.15, -0.1) is 0 Å². The zero-order chi connectivity index (χ0) is 32.7. The third kappa shape index (κ3) is 4.61. The van der Waals surface area contributed by atoms with Gasteiger partial charge in [-0.1, -0.05) is 101 Å². The quantitative estimate of drug-likeness (QED) is 0.139. The number of rotatable bonds is 3. The molecule has 0 fully saturated rings. The molecule has 2 heterocycles. The van der Waals surface area contributed by atoms with E-state index < -0.39 is 0 Å². The molecule has 2 nitrogen and oxygen atoms in total. The molecule has 47 heavy (non-hydrogen) atoms. The van der Waals surface area contributed by atoms with Crippen molar-refractivity contribution in [3.8, 4) is 33.6 Å². The smallest absolute Gasteiger partial charge is 0.0619 e. The number of hydrogen-bond donors (Lipinski definition) is 0. The van der Waals surface area contributed by atoms with E-state index in [2.05, 4.69) is 185 Å². The van der Waals surface area contributed by atoms with Crippen molar-refractivity contribution in [2.24, 2.45) is 0 Å². The number of aromatic nitrogens is 2. The molecule has 2 heteroatoms. The van der Waals surface area contributed by atoms with E-state index >= 15 is 0 Å². The lowest BCUT2D eigenvalue weighted by Gasteiger charge is -2.22. The van der Waals surface area contributed by atoms with Crippen LogP contribution in [0.1, 0.15) is 62.4 Å². The van der Waals surface area contributed by atoms with E-state index in [-0.39, 0.29) is 10.8 Å². The topological polar surface area (TPSA) is 7.76 Å². The van der Waals surface area contributed by atoms with Crippen LogP contribution in [0.2, 0.25) is 0 Å². The minimum absolute atomic E-state index is 0.00888. The molecule has 0 atom stereocenters. The Kier molecular flexibility index (Phi) is 6.53. The Hall–Kier alpha value is -5.08. The molecule has 1 aliphatic carbocycles. The van der Waals surface area contributed by atoms with Crippen molar-refractivity contribution < 1.29 is 9.35 Å². The van der Waals surface area contributed by atoms with Gasteiger partial charge < -0.3 is 0 Å². The standard InChI is InChI=1S/C45H42N2/c1-29-24-38-32(20-19-31-14-8-9-15-34(31)38)26-36(29)42-18-12-13-22-46(42)47-23-21-33(44(3,4)5)27-43(47)37-28-39-35-16-10-11-17-40(35)45(6,7)41(39)25-30(37)2/h8-28H,1-7H3/q+2. The van der Waals surface area contributed by atoms with Crippen LogP contribution in [0.25, 0.3) is 55.2 Å². The SMILES string of the molecule is Cc1cc2c(cc1-c1cc(C(C)(C)C)cc[n+]1-[n+]1ccccc1-c1cc3ccc4ccccc4c3cc1C)-c1ccccc1C2(C)C. The van der Waals surface area contributed by atoms with Crippen LogP contribution >= 0.6 is 0 Å². The van der Waals surface area contributed by atoms with Gasteiger partial charge in [0, 0.05) is 29.7 Å². The van der Waals surface area contributed by atoms with Gasteiger partial charge in [0.2, 0.25) is 12.4 Å². The van der Waals surface area contributed by atoms with Crippen LogP contribution in [-0.2, 0) is 10.8 Å². The Bertz CT molecular complexity index is 2390. The second kappa shape index (κ2) is 10.5. The highest BCUT2D eigenvalue weighted by atomic mass is 15.4. The first-order valence-electron chi connectivity index (χ1n) is 16.8. The summed E-state index contributed by atoms with van der Waals surface area (Å²) in [5.41, 5.74) is 14.2. The molecule has 2 aromatic heterocycles. The summed E-state index contributed by atoms with van der Waals surface area (Å²) in [4.78, 5) is 0. The largest absolute Gasteiger partial charge is 0.284 e. The number of fused-ring (bicyclic) bond motifs is 6. The first kappa shape index (κ1) is 29.3. The molecule has 7 aromatic rings. The lowest BCUT2D eigenvalue weighted by atomic mass is 9.81. The van der Waals surface area contributed by atoms with E-state index in [9.17, 15) is 0 Å². The number of hydrogen-bond acceptors (Lipinski definition) is 0. The van der Waals surface area contributed by atoms with Crippen LogP contribution in [-0.4, -0.2) is 0 Å². The predicted molar refractivity (Wildman–Crippen MR) is 196 cm³/mol. The molecule has 230 valence electrons. The van der Waals surface area contributed by atoms with Gasteiger partial charge in [-0.05, 0) is 104 Å². The lowest BCUT2D eigenvalue weighted by Crippen LogP contribution is -2.68. The molecule has 0 saturated carbocycles. The molecule has 0 N–H and O–H groups in total. The number of nitrogens with zero attached hydrogens (tertiary/aromatic N) is 2. The third-order valence-electron chi connectivity index (χ3n) is 10.4. The zero-order valence-electron chi connectivity index (χ0n) is 28.5. The number of pyridine rings is 2. The molecule has 0 bridgehead atoms. The fourth-order valence-corrected chi connectivity index (χ4v) is 7.75. The Labute approximate surface area is 278 Å². The van der Waals surface area contributed by atoms with Crippen molar-refractivity contribution in [2.45, 2.75) is 59.3 Å². The van der Waals surface area contributed by atoms with Gasteiger partial charge in [-0.3, -0.25) is 0 Å². The van der Waals surface area contributed by atoms with Gasteiger partial charge in [0.15, 0.2) is 0 Å². The van der Waals surface area contributed by atoms with Crippen molar-refractivity contribution in [3.05, 3.63) is 155 Å². The average Bonchev–Trinajstić information content (AvgIpc) is 3.28. The van der Waals surface area contributed by atoms with E-state index in [1.807, 2.05) is 0 Å². The molecule has 0 amide bonds. The van der Waals surface area contributed by atoms with Crippen LogP contribution < -0.4 is 9.35 Å². The maximum Gasteiger partial charge on any atom is 0.284 e. The first-order chi connectivity index (χ1) is 22.5. The molecule has 0 spiro atoms. The summed E-state index contributed by atoms with van der Waals surface area (Å²) in [5.74, 6) is 0. The average molecular weight is 611 g/mol. The lowest BCUT2D eigenvalue weighted by molar-refractivity contribution is -1.29. The summed E-state index contributed by atoms with van der Waals surface area (Å²) in [5, 5.41) is 5.12. The van der Waals surface area contributed by atoms with Gasteiger partial charge in [0.25, 0.3) is 11.4 Å². The van der Waals surface area contributed by atoms with Crippen molar-refractivity contribution in [1.29, 1.82) is 0 Å². The van der Waals surface area contributed by atoms with E-state index in [1.54, 1.807) is 0 Å². The molecule has 5 aromatic carbocycles. The summed E-state index contributed by atoms with van der Waals surface area (Å²) >= 11 is 0. The van der Waals surface area contributed by atoms with Gasteiger partial charge in [-0.25, -0.2) is 0 Å². The minimum Gasteiger partial charge on any atom is -0.0619 e. The summed E-state index contributed by atoms with van der Waals surface area (Å²) in [6, 6.07) is 43.0. The highest BCUT2D eigenvalue weighted by molar-refractivity contribution is 6.08. The van der Waals surface area contributed by atoms with Gasteiger partial charge >= 0.3 is 0 Å². The Balaban J connectivity index is 1.37. The Morgan fingerprint density at radius 3 is 2.00 bits per heavy atom. The molecule has 1 aliphatic rings. The summed E-state index contributed by atoms with van der Waals surface area (Å²) in [6.07, 6.45) is 4.45.